The second kappa shape index (κ2) is 7.91. The Morgan fingerprint density at radius 1 is 1.24 bits per heavy atom. The molecule has 1 atom stereocenters. The van der Waals surface area contributed by atoms with Crippen molar-refractivity contribution in [2.45, 2.75) is 43.7 Å². The number of thiophene rings is 1. The molecular formula is C21H21Cl2NO4S. The van der Waals surface area contributed by atoms with Gasteiger partial charge in [0, 0.05) is 14.9 Å². The Kier molecular flexibility index (Phi) is 5.64. The fraction of sp³-hybridized carbons (Fsp3) is 0.429. The van der Waals surface area contributed by atoms with Gasteiger partial charge >= 0.3 is 5.97 Å². The summed E-state index contributed by atoms with van der Waals surface area (Å²) in [6.07, 6.45) is 3.18. The van der Waals surface area contributed by atoms with Gasteiger partial charge in [-0.05, 0) is 75.0 Å². The number of rotatable bonds is 7. The van der Waals surface area contributed by atoms with Crippen LogP contribution >= 0.6 is 34.5 Å². The minimum absolute atomic E-state index is 0.288. The first-order chi connectivity index (χ1) is 13.8. The van der Waals surface area contributed by atoms with Gasteiger partial charge in [0.2, 0.25) is 5.78 Å². The van der Waals surface area contributed by atoms with Crippen LogP contribution < -0.4 is 4.74 Å². The van der Waals surface area contributed by atoms with Crippen LogP contribution in [0.4, 0.5) is 0 Å². The third-order valence-corrected chi connectivity index (χ3v) is 7.26. The molecule has 1 aliphatic heterocycles. The lowest BCUT2D eigenvalue weighted by molar-refractivity contribution is -0.145. The van der Waals surface area contributed by atoms with E-state index >= 15 is 0 Å². The average molecular weight is 454 g/mol. The zero-order valence-corrected chi connectivity index (χ0v) is 18.2. The molecule has 1 aromatic carbocycles. The van der Waals surface area contributed by atoms with Gasteiger partial charge in [0.15, 0.2) is 5.54 Å². The van der Waals surface area contributed by atoms with E-state index in [4.69, 9.17) is 27.9 Å². The number of nitrogens with zero attached hydrogens (tertiary/aromatic N) is 1. The second-order valence-corrected chi connectivity index (χ2v) is 9.69. The highest BCUT2D eigenvalue weighted by molar-refractivity contribution is 7.14. The minimum atomic E-state index is -1.47. The topological polar surface area (TPSA) is 66.8 Å². The van der Waals surface area contributed by atoms with E-state index in [1.54, 1.807) is 30.1 Å². The van der Waals surface area contributed by atoms with E-state index in [0.717, 1.165) is 23.3 Å². The Morgan fingerprint density at radius 2 is 1.93 bits per heavy atom. The number of hydrogen-bond acceptors (Lipinski definition) is 5. The lowest BCUT2D eigenvalue weighted by Crippen LogP contribution is -2.54. The number of carbonyl (C=O) groups is 2. The number of ether oxygens (including phenoxy) is 1. The smallest absolute Gasteiger partial charge is 0.332 e. The van der Waals surface area contributed by atoms with Gasteiger partial charge in [-0.2, -0.15) is 0 Å². The van der Waals surface area contributed by atoms with Crippen LogP contribution in [-0.4, -0.2) is 40.9 Å². The molecule has 2 aliphatic rings. The van der Waals surface area contributed by atoms with Crippen molar-refractivity contribution in [2.75, 3.05) is 13.6 Å². The van der Waals surface area contributed by atoms with Crippen LogP contribution in [0, 0.1) is 0 Å². The molecule has 2 fully saturated rings. The molecule has 29 heavy (non-hydrogen) atoms. The number of Topliss-reactive ketones (excluding diaryl/α,β-unsaturated/α-hetero) is 1. The van der Waals surface area contributed by atoms with Crippen molar-refractivity contribution in [1.29, 1.82) is 0 Å². The average Bonchev–Trinajstić information content (AvgIpc) is 3.29. The molecule has 1 aromatic heterocycles. The highest BCUT2D eigenvalue weighted by atomic mass is 35.5. The number of hydrogen-bond donors (Lipinski definition) is 1. The molecule has 2 aromatic rings. The maximum Gasteiger partial charge on any atom is 0.332 e. The van der Waals surface area contributed by atoms with E-state index in [2.05, 4.69) is 0 Å². The number of likely N-dealkylation sites (tertiary alicyclic amines) is 1. The monoisotopic (exact) mass is 453 g/mol. The van der Waals surface area contributed by atoms with Crippen LogP contribution in [0.3, 0.4) is 0 Å². The Hall–Kier alpha value is -1.60. The van der Waals surface area contributed by atoms with E-state index in [-0.39, 0.29) is 12.4 Å². The van der Waals surface area contributed by atoms with Crippen molar-refractivity contribution in [2.24, 2.45) is 0 Å². The zero-order chi connectivity index (χ0) is 20.8. The maximum atomic E-state index is 13.3. The number of ketones is 1. The summed E-state index contributed by atoms with van der Waals surface area (Å²) in [5.74, 6) is -0.427. The molecule has 1 N–H and O–H groups in total. The van der Waals surface area contributed by atoms with Gasteiger partial charge in [-0.3, -0.25) is 9.69 Å². The molecule has 5 nitrogen and oxygen atoms in total. The van der Waals surface area contributed by atoms with Gasteiger partial charge in [-0.1, -0.05) is 23.2 Å². The number of carboxylic acids is 1. The Morgan fingerprint density at radius 3 is 2.48 bits per heavy atom. The number of carbonyl (C=O) groups excluding carboxylic acids is 1. The summed E-state index contributed by atoms with van der Waals surface area (Å²) in [6, 6.07) is 6.90. The molecule has 154 valence electrons. The van der Waals surface area contributed by atoms with Crippen molar-refractivity contribution in [3.8, 4) is 5.75 Å². The van der Waals surface area contributed by atoms with Gasteiger partial charge in [0.25, 0.3) is 0 Å². The second-order valence-electron chi connectivity index (χ2n) is 7.68. The van der Waals surface area contributed by atoms with Crippen LogP contribution in [0.1, 0.15) is 51.7 Å². The highest BCUT2D eigenvalue weighted by Gasteiger charge is 2.53. The molecule has 0 bridgehead atoms. The summed E-state index contributed by atoms with van der Waals surface area (Å²) in [5, 5.41) is 10.8. The van der Waals surface area contributed by atoms with Gasteiger partial charge in [-0.15, -0.1) is 11.3 Å². The molecule has 8 heteroatoms. The molecule has 1 aliphatic carbocycles. The van der Waals surface area contributed by atoms with Crippen LogP contribution in [-0.2, 0) is 11.4 Å². The van der Waals surface area contributed by atoms with E-state index in [1.165, 1.54) is 11.3 Å². The Bertz CT molecular complexity index is 951. The van der Waals surface area contributed by atoms with E-state index in [9.17, 15) is 14.7 Å². The normalized spacial score (nSPS) is 22.0. The highest BCUT2D eigenvalue weighted by Crippen LogP contribution is 2.46. The van der Waals surface area contributed by atoms with Crippen molar-refractivity contribution in [1.82, 2.24) is 4.90 Å². The Labute approximate surface area is 183 Å². The summed E-state index contributed by atoms with van der Waals surface area (Å²) in [6.45, 7) is 0.890. The fourth-order valence-electron chi connectivity index (χ4n) is 3.98. The number of benzene rings is 1. The van der Waals surface area contributed by atoms with Gasteiger partial charge in [0.1, 0.15) is 12.4 Å². The fourth-order valence-corrected chi connectivity index (χ4v) is 5.66. The lowest BCUT2D eigenvalue weighted by Gasteiger charge is -2.29. The minimum Gasteiger partial charge on any atom is -0.488 e. The van der Waals surface area contributed by atoms with E-state index in [1.807, 2.05) is 6.07 Å². The van der Waals surface area contributed by atoms with E-state index in [0.29, 0.717) is 46.0 Å². The van der Waals surface area contributed by atoms with Crippen LogP contribution in [0.15, 0.2) is 24.3 Å². The summed E-state index contributed by atoms with van der Waals surface area (Å²) in [5.41, 5.74) is -0.378. The summed E-state index contributed by atoms with van der Waals surface area (Å²) in [4.78, 5) is 28.5. The van der Waals surface area contributed by atoms with Crippen molar-refractivity contribution in [3.05, 3.63) is 49.6 Å². The zero-order valence-electron chi connectivity index (χ0n) is 15.9. The number of halogens is 2. The van der Waals surface area contributed by atoms with Crippen LogP contribution in [0.25, 0.3) is 0 Å². The molecule has 2 heterocycles. The lowest BCUT2D eigenvalue weighted by atomic mass is 9.89. The standard InChI is InChI=1S/C21H21Cl2NO4S/c1-24-6-2-5-21(24,20(26)27)19(25)17-10-16(12-3-4-12)18(29-17)11-28-15-8-13(22)7-14(23)9-15/h7-10,12H,2-6,11H2,1H3,(H,26,27)/t21-/m0/s1. The molecule has 1 saturated heterocycles. The molecule has 1 saturated carbocycles. The summed E-state index contributed by atoms with van der Waals surface area (Å²) >= 11 is 13.4. The first-order valence-corrected chi connectivity index (χ1v) is 11.1. The van der Waals surface area contributed by atoms with Crippen LogP contribution in [0.5, 0.6) is 5.75 Å². The maximum absolute atomic E-state index is 13.3. The number of carboxylic acid groups (broad SMARTS) is 1. The predicted octanol–water partition coefficient (Wildman–Crippen LogP) is 5.24. The third-order valence-electron chi connectivity index (χ3n) is 5.70. The van der Waals surface area contributed by atoms with Gasteiger partial charge in [-0.25, -0.2) is 4.79 Å². The van der Waals surface area contributed by atoms with Crippen molar-refractivity contribution < 1.29 is 19.4 Å². The molecular weight excluding hydrogens is 433 g/mol. The quantitative estimate of drug-likeness (QED) is 0.458. The first-order valence-electron chi connectivity index (χ1n) is 9.52. The first kappa shape index (κ1) is 20.7. The molecule has 0 radical (unpaired) electrons. The van der Waals surface area contributed by atoms with Crippen molar-refractivity contribution >= 4 is 46.3 Å². The van der Waals surface area contributed by atoms with Crippen LogP contribution in [0.2, 0.25) is 10.0 Å². The van der Waals surface area contributed by atoms with E-state index < -0.39 is 11.5 Å². The predicted molar refractivity (Wildman–Crippen MR) is 114 cm³/mol. The third kappa shape index (κ3) is 3.91. The summed E-state index contributed by atoms with van der Waals surface area (Å²) in [7, 11) is 1.71. The van der Waals surface area contributed by atoms with Gasteiger partial charge < -0.3 is 9.84 Å². The molecule has 0 amide bonds. The van der Waals surface area contributed by atoms with Crippen molar-refractivity contribution in [3.63, 3.8) is 0 Å². The molecule has 0 unspecified atom stereocenters. The number of aliphatic carboxylic acids is 1. The molecule has 0 spiro atoms. The van der Waals surface area contributed by atoms with Gasteiger partial charge in [0.05, 0.1) is 4.88 Å². The summed E-state index contributed by atoms with van der Waals surface area (Å²) < 4.78 is 5.89. The Balaban J connectivity index is 1.61. The largest absolute Gasteiger partial charge is 0.488 e. The number of likely N-dealkylation sites (N-methyl/N-ethyl adjacent to an activating group) is 1. The molecule has 4 rings (SSSR count). The SMILES string of the molecule is CN1CCC[C@@]1(C(=O)O)C(=O)c1cc(C2CC2)c(COc2cc(Cl)cc(Cl)c2)s1.